The average molecular weight is 270 g/mol. The van der Waals surface area contributed by atoms with E-state index in [1.807, 2.05) is 11.6 Å². The van der Waals surface area contributed by atoms with E-state index in [9.17, 15) is 5.11 Å². The van der Waals surface area contributed by atoms with Crippen LogP contribution in [-0.2, 0) is 7.05 Å². The third-order valence-corrected chi connectivity index (χ3v) is 4.78. The van der Waals surface area contributed by atoms with E-state index in [0.29, 0.717) is 5.92 Å². The predicted molar refractivity (Wildman–Crippen MR) is 72.6 cm³/mol. The number of nitrogens with one attached hydrogen (secondary N) is 1. The third-order valence-electron chi connectivity index (χ3n) is 3.50. The maximum Gasteiger partial charge on any atom is 0.190 e. The summed E-state index contributed by atoms with van der Waals surface area (Å²) in [6, 6.07) is 0. The molecule has 18 heavy (non-hydrogen) atoms. The maximum atomic E-state index is 9.79. The second kappa shape index (κ2) is 6.04. The largest absolute Gasteiger partial charge is 0.394 e. The Morgan fingerprint density at radius 2 is 2.39 bits per heavy atom. The number of hydrogen-bond donors (Lipinski definition) is 2. The van der Waals surface area contributed by atoms with Crippen LogP contribution in [0.1, 0.15) is 26.2 Å². The Bertz CT molecular complexity index is 380. The molecule has 2 N–H and O–H groups in total. The summed E-state index contributed by atoms with van der Waals surface area (Å²) in [6.45, 7) is 3.30. The molecule has 1 aliphatic carbocycles. The Kier molecular flexibility index (Phi) is 4.64. The summed E-state index contributed by atoms with van der Waals surface area (Å²) in [6.07, 6.45) is 5.23. The molecule has 0 radical (unpaired) electrons. The molecule has 1 aromatic rings. The van der Waals surface area contributed by atoms with Crippen LogP contribution in [0.15, 0.2) is 11.5 Å². The fourth-order valence-electron chi connectivity index (χ4n) is 2.15. The van der Waals surface area contributed by atoms with Gasteiger partial charge in [-0.3, -0.25) is 0 Å². The van der Waals surface area contributed by atoms with Gasteiger partial charge in [0.05, 0.1) is 12.1 Å². The Morgan fingerprint density at radius 1 is 1.61 bits per heavy atom. The van der Waals surface area contributed by atoms with E-state index < -0.39 is 0 Å². The highest BCUT2D eigenvalue weighted by atomic mass is 32.2. The highest BCUT2D eigenvalue weighted by molar-refractivity contribution is 7.99. The molecule has 102 valence electrons. The van der Waals surface area contributed by atoms with E-state index in [4.69, 9.17) is 0 Å². The standard InChI is InChI=1S/C12H22N4OS/c1-3-6-13-12(7-17,10-4-5-10)8-18-11-15-14-9-16(11)2/h9-10,13,17H,3-8H2,1-2H3. The Balaban J connectivity index is 1.98. The summed E-state index contributed by atoms with van der Waals surface area (Å²) in [5.41, 5.74) is -0.146. The molecule has 1 fully saturated rings. The van der Waals surface area contributed by atoms with Gasteiger partial charge in [-0.25, -0.2) is 0 Å². The smallest absolute Gasteiger partial charge is 0.190 e. The summed E-state index contributed by atoms with van der Waals surface area (Å²) >= 11 is 1.67. The quantitative estimate of drug-likeness (QED) is 0.691. The molecule has 0 aromatic carbocycles. The Hall–Kier alpha value is -0.590. The number of aliphatic hydroxyl groups excluding tert-OH is 1. The minimum absolute atomic E-state index is 0.146. The molecule has 6 heteroatoms. The number of aromatic nitrogens is 3. The number of hydrogen-bond acceptors (Lipinski definition) is 5. The molecule has 2 rings (SSSR count). The van der Waals surface area contributed by atoms with Gasteiger partial charge in [0, 0.05) is 12.8 Å². The average Bonchev–Trinajstić information content (AvgIpc) is 3.15. The molecule has 1 aliphatic rings. The van der Waals surface area contributed by atoms with Crippen molar-refractivity contribution in [3.8, 4) is 0 Å². The first-order valence-electron chi connectivity index (χ1n) is 6.54. The van der Waals surface area contributed by atoms with Crippen molar-refractivity contribution >= 4 is 11.8 Å². The Morgan fingerprint density at radius 3 is 2.89 bits per heavy atom. The van der Waals surface area contributed by atoms with Gasteiger partial charge in [0.1, 0.15) is 6.33 Å². The van der Waals surface area contributed by atoms with Gasteiger partial charge in [-0.15, -0.1) is 10.2 Å². The van der Waals surface area contributed by atoms with Crippen LogP contribution in [0.5, 0.6) is 0 Å². The monoisotopic (exact) mass is 270 g/mol. The highest BCUT2D eigenvalue weighted by Gasteiger charge is 2.44. The SMILES string of the molecule is CCCNC(CO)(CSc1nncn1C)C1CC1. The minimum atomic E-state index is -0.146. The normalized spacial score (nSPS) is 18.8. The van der Waals surface area contributed by atoms with Gasteiger partial charge in [0.15, 0.2) is 5.16 Å². The number of aryl methyl sites for hydroxylation is 1. The molecule has 0 aliphatic heterocycles. The predicted octanol–water partition coefficient (Wildman–Crippen LogP) is 1.05. The lowest BCUT2D eigenvalue weighted by Gasteiger charge is -2.33. The lowest BCUT2D eigenvalue weighted by molar-refractivity contribution is 0.159. The lowest BCUT2D eigenvalue weighted by atomic mass is 9.96. The van der Waals surface area contributed by atoms with E-state index in [1.54, 1.807) is 18.1 Å². The van der Waals surface area contributed by atoms with Crippen LogP contribution in [-0.4, -0.2) is 44.3 Å². The first kappa shape index (κ1) is 13.8. The number of aliphatic hydroxyl groups is 1. The Labute approximate surface area is 112 Å². The van der Waals surface area contributed by atoms with Crippen molar-refractivity contribution in [1.82, 2.24) is 20.1 Å². The molecule has 1 atom stereocenters. The molecule has 1 saturated carbocycles. The molecule has 1 heterocycles. The molecular formula is C12H22N4OS. The molecular weight excluding hydrogens is 248 g/mol. The molecule has 0 saturated heterocycles. The van der Waals surface area contributed by atoms with Crippen molar-refractivity contribution in [2.75, 3.05) is 18.9 Å². The summed E-state index contributed by atoms with van der Waals surface area (Å²) < 4.78 is 1.92. The zero-order valence-electron chi connectivity index (χ0n) is 11.1. The molecule has 0 bridgehead atoms. The zero-order valence-corrected chi connectivity index (χ0v) is 11.9. The summed E-state index contributed by atoms with van der Waals surface area (Å²) in [5, 5.41) is 22.2. The van der Waals surface area contributed by atoms with Crippen LogP contribution in [0.2, 0.25) is 0 Å². The van der Waals surface area contributed by atoms with E-state index >= 15 is 0 Å². The summed E-state index contributed by atoms with van der Waals surface area (Å²) in [4.78, 5) is 0. The number of thioether (sulfide) groups is 1. The summed E-state index contributed by atoms with van der Waals surface area (Å²) in [7, 11) is 1.94. The van der Waals surface area contributed by atoms with E-state index in [-0.39, 0.29) is 12.1 Å². The molecule has 0 amide bonds. The third kappa shape index (κ3) is 3.05. The van der Waals surface area contributed by atoms with E-state index in [2.05, 4.69) is 22.4 Å². The molecule has 0 spiro atoms. The van der Waals surface area contributed by atoms with Crippen molar-refractivity contribution < 1.29 is 5.11 Å². The highest BCUT2D eigenvalue weighted by Crippen LogP contribution is 2.42. The maximum absolute atomic E-state index is 9.79. The van der Waals surface area contributed by atoms with Crippen molar-refractivity contribution in [2.45, 2.75) is 36.9 Å². The molecule has 1 aromatic heterocycles. The summed E-state index contributed by atoms with van der Waals surface area (Å²) in [5.74, 6) is 1.45. The first-order valence-corrected chi connectivity index (χ1v) is 7.53. The van der Waals surface area contributed by atoms with Crippen LogP contribution in [0, 0.1) is 5.92 Å². The van der Waals surface area contributed by atoms with Crippen LogP contribution >= 0.6 is 11.8 Å². The van der Waals surface area contributed by atoms with Gasteiger partial charge in [-0.2, -0.15) is 0 Å². The first-order chi connectivity index (χ1) is 8.72. The minimum Gasteiger partial charge on any atom is -0.394 e. The van der Waals surface area contributed by atoms with Crippen LogP contribution in [0.3, 0.4) is 0 Å². The van der Waals surface area contributed by atoms with Crippen LogP contribution in [0.4, 0.5) is 0 Å². The molecule has 5 nitrogen and oxygen atoms in total. The van der Waals surface area contributed by atoms with E-state index in [1.165, 1.54) is 12.8 Å². The van der Waals surface area contributed by atoms with Crippen molar-refractivity contribution in [3.05, 3.63) is 6.33 Å². The second-order valence-electron chi connectivity index (χ2n) is 5.03. The van der Waals surface area contributed by atoms with Gasteiger partial charge in [-0.05, 0) is 31.7 Å². The topological polar surface area (TPSA) is 63.0 Å². The fourth-order valence-corrected chi connectivity index (χ4v) is 3.32. The van der Waals surface area contributed by atoms with Crippen molar-refractivity contribution in [2.24, 2.45) is 13.0 Å². The zero-order chi connectivity index (χ0) is 13.0. The van der Waals surface area contributed by atoms with Gasteiger partial charge >= 0.3 is 0 Å². The second-order valence-corrected chi connectivity index (χ2v) is 5.97. The van der Waals surface area contributed by atoms with Crippen LogP contribution in [0.25, 0.3) is 0 Å². The van der Waals surface area contributed by atoms with Crippen molar-refractivity contribution in [3.63, 3.8) is 0 Å². The van der Waals surface area contributed by atoms with Gasteiger partial charge in [-0.1, -0.05) is 18.7 Å². The number of nitrogens with zero attached hydrogens (tertiary/aromatic N) is 3. The van der Waals surface area contributed by atoms with Crippen LogP contribution < -0.4 is 5.32 Å². The van der Waals surface area contributed by atoms with E-state index in [0.717, 1.165) is 23.9 Å². The van der Waals surface area contributed by atoms with Gasteiger partial charge in [0.25, 0.3) is 0 Å². The van der Waals surface area contributed by atoms with Crippen molar-refractivity contribution in [1.29, 1.82) is 0 Å². The van der Waals surface area contributed by atoms with Gasteiger partial charge in [0.2, 0.25) is 0 Å². The van der Waals surface area contributed by atoms with Gasteiger partial charge < -0.3 is 15.0 Å². The number of rotatable bonds is 8. The fraction of sp³-hybridized carbons (Fsp3) is 0.833. The molecule has 1 unspecified atom stereocenters. The lowest BCUT2D eigenvalue weighted by Crippen LogP contribution is -2.53.